The molecule has 18 heteroatoms. The molecule has 1 saturated heterocycles. The Hall–Kier alpha value is -2.92. The third-order valence-corrected chi connectivity index (χ3v) is 9.21. The van der Waals surface area contributed by atoms with Crippen LogP contribution in [0.15, 0.2) is 6.33 Å². The number of ether oxygens (including phenoxy) is 4. The molecule has 3 rings (SSSR count). The molecule has 272 valence electrons. The maximum atomic E-state index is 14.6. The normalized spacial score (nSPS) is 23.8. The van der Waals surface area contributed by atoms with Crippen molar-refractivity contribution < 1.29 is 47.8 Å². The van der Waals surface area contributed by atoms with Crippen molar-refractivity contribution in [2.75, 3.05) is 25.6 Å². The Morgan fingerprint density at radius 3 is 2.06 bits per heavy atom. The number of fused-ring (bicyclic) bond motifs is 1. The van der Waals surface area contributed by atoms with Crippen LogP contribution < -0.4 is 20.6 Å². The number of carbonyl (C=O) groups excluding carboxylic acids is 2. The number of carbonyl (C=O) groups is 2. The van der Waals surface area contributed by atoms with Crippen LogP contribution in [0.1, 0.15) is 81.4 Å². The Labute approximate surface area is 281 Å². The quantitative estimate of drug-likeness (QED) is 0.111. The first kappa shape index (κ1) is 39.5. The van der Waals surface area contributed by atoms with E-state index in [-0.39, 0.29) is 67.0 Å². The Balaban J connectivity index is 1.95. The topological polar surface area (TPSA) is 232 Å². The minimum atomic E-state index is -4.31. The van der Waals surface area contributed by atoms with E-state index in [4.69, 9.17) is 29.2 Å². The van der Waals surface area contributed by atoms with Gasteiger partial charge in [0.2, 0.25) is 11.8 Å². The summed E-state index contributed by atoms with van der Waals surface area (Å²) in [7, 11) is -4.31. The number of esters is 2. The van der Waals surface area contributed by atoms with Gasteiger partial charge in [-0.25, -0.2) is 15.2 Å². The van der Waals surface area contributed by atoms with Crippen LogP contribution in [-0.4, -0.2) is 97.5 Å². The minimum Gasteiger partial charge on any atom is -0.473 e. The highest BCUT2D eigenvalue weighted by Gasteiger charge is 2.54. The second-order valence-corrected chi connectivity index (χ2v) is 14.9. The first-order chi connectivity index (χ1) is 22.4. The van der Waals surface area contributed by atoms with E-state index >= 15 is 0 Å². The lowest BCUT2D eigenvalue weighted by atomic mass is 9.96. The van der Waals surface area contributed by atoms with Crippen LogP contribution in [0.2, 0.25) is 0 Å². The largest absolute Gasteiger partial charge is 0.473 e. The number of nitrogens with one attached hydrogen (secondary N) is 2. The molecule has 48 heavy (non-hydrogen) atoms. The summed E-state index contributed by atoms with van der Waals surface area (Å²) in [4.78, 5) is 38.6. The lowest BCUT2D eigenvalue weighted by Crippen LogP contribution is -2.47. The van der Waals surface area contributed by atoms with E-state index in [1.807, 2.05) is 41.5 Å². The summed E-state index contributed by atoms with van der Waals surface area (Å²) in [6, 6.07) is -2.14. The number of aliphatic hydroxyl groups is 2. The highest BCUT2D eigenvalue weighted by molar-refractivity contribution is 7.54. The fourth-order valence-electron chi connectivity index (χ4n) is 5.29. The number of aliphatic hydroxyl groups excluding tert-OH is 1. The number of anilines is 1. The molecule has 0 amide bonds. The predicted octanol–water partition coefficient (Wildman–Crippen LogP) is 2.46. The Morgan fingerprint density at radius 1 is 1.04 bits per heavy atom. The van der Waals surface area contributed by atoms with Crippen molar-refractivity contribution in [3.63, 3.8) is 0 Å². The number of hydrogen-bond donors (Lipinski definition) is 5. The molecule has 0 aromatic carbocycles. The van der Waals surface area contributed by atoms with Gasteiger partial charge in [0.1, 0.15) is 29.9 Å². The van der Waals surface area contributed by atoms with E-state index in [1.165, 1.54) is 17.8 Å². The first-order valence-electron chi connectivity index (χ1n) is 16.3. The van der Waals surface area contributed by atoms with Crippen LogP contribution in [0, 0.1) is 11.8 Å². The lowest BCUT2D eigenvalue weighted by Gasteiger charge is -2.30. The van der Waals surface area contributed by atoms with Gasteiger partial charge < -0.3 is 39.4 Å². The van der Waals surface area contributed by atoms with E-state index in [1.54, 1.807) is 13.8 Å². The smallest absolute Gasteiger partial charge is 0.342 e. The summed E-state index contributed by atoms with van der Waals surface area (Å²) in [6.45, 7) is 15.5. The number of nitrogens with two attached hydrogens (primary N) is 1. The molecule has 3 heterocycles. The zero-order chi connectivity index (χ0) is 36.0. The van der Waals surface area contributed by atoms with Gasteiger partial charge in [-0.15, -0.1) is 0 Å². The zero-order valence-corrected chi connectivity index (χ0v) is 30.1. The molecule has 0 aliphatic carbocycles. The van der Waals surface area contributed by atoms with Gasteiger partial charge in [0.25, 0.3) is 0 Å². The number of rotatable bonds is 18. The second kappa shape index (κ2) is 16.7. The van der Waals surface area contributed by atoms with Gasteiger partial charge in [-0.05, 0) is 59.3 Å². The first-order valence-corrected chi connectivity index (χ1v) is 17.9. The summed E-state index contributed by atoms with van der Waals surface area (Å²) in [5, 5.41) is 28.3. The number of imidazole rings is 1. The lowest BCUT2D eigenvalue weighted by molar-refractivity contribution is -0.146. The molecule has 1 fully saturated rings. The van der Waals surface area contributed by atoms with Crippen molar-refractivity contribution in [3.8, 4) is 5.88 Å². The molecule has 0 spiro atoms. The van der Waals surface area contributed by atoms with Crippen LogP contribution in [0.25, 0.3) is 11.2 Å². The molecule has 1 aliphatic rings. The molecule has 0 saturated carbocycles. The van der Waals surface area contributed by atoms with Crippen LogP contribution in [0.5, 0.6) is 5.88 Å². The van der Waals surface area contributed by atoms with Crippen molar-refractivity contribution >= 4 is 36.7 Å². The van der Waals surface area contributed by atoms with Crippen LogP contribution in [-0.2, 0) is 32.9 Å². The fourth-order valence-corrected chi connectivity index (χ4v) is 7.12. The van der Waals surface area contributed by atoms with Crippen molar-refractivity contribution in [2.45, 2.75) is 117 Å². The number of aromatic nitrogens is 4. The molecular weight excluding hydrogens is 649 g/mol. The SMILES string of the molecule is CCOC(=O)[C@H](CC(C)C)NP(=O)(N[C@H](CC(C)C)C(=O)OCC)OC[C@H]1O[C@@H](n2cnc3c(OC(C)C)nc(N)nc32)[C@](C)(O)[C@@H]1O. The number of nitrogens with zero attached hydrogens (tertiary/aromatic N) is 4. The summed E-state index contributed by atoms with van der Waals surface area (Å²) >= 11 is 0. The monoisotopic (exact) mass is 701 g/mol. The molecule has 1 aliphatic heterocycles. The molecule has 7 atom stereocenters. The van der Waals surface area contributed by atoms with Crippen molar-refractivity contribution in [1.29, 1.82) is 0 Å². The average molecular weight is 702 g/mol. The Morgan fingerprint density at radius 2 is 1.58 bits per heavy atom. The third kappa shape index (κ3) is 9.83. The molecule has 2 aromatic heterocycles. The van der Waals surface area contributed by atoms with Gasteiger partial charge in [0.15, 0.2) is 17.4 Å². The third-order valence-electron chi connectivity index (χ3n) is 7.39. The van der Waals surface area contributed by atoms with Crippen LogP contribution >= 0.6 is 7.67 Å². The van der Waals surface area contributed by atoms with Gasteiger partial charge in [-0.3, -0.25) is 18.7 Å². The van der Waals surface area contributed by atoms with Gasteiger partial charge in [-0.2, -0.15) is 9.97 Å². The summed E-state index contributed by atoms with van der Waals surface area (Å²) in [5.74, 6) is -1.29. The van der Waals surface area contributed by atoms with Gasteiger partial charge in [0, 0.05) is 0 Å². The molecule has 6 N–H and O–H groups in total. The number of nitrogen functional groups attached to an aromatic ring is 1. The highest BCUT2D eigenvalue weighted by Crippen LogP contribution is 2.45. The predicted molar refractivity (Wildman–Crippen MR) is 176 cm³/mol. The van der Waals surface area contributed by atoms with E-state index in [9.17, 15) is 24.4 Å². The molecule has 0 bridgehead atoms. The minimum absolute atomic E-state index is 0.0120. The van der Waals surface area contributed by atoms with Gasteiger partial charge in [-0.1, -0.05) is 27.7 Å². The molecular formula is C30H52N7O10P. The summed E-state index contributed by atoms with van der Waals surface area (Å²) in [5.41, 5.74) is 4.45. The zero-order valence-electron chi connectivity index (χ0n) is 29.2. The average Bonchev–Trinajstić information content (AvgIpc) is 3.48. The Bertz CT molecular complexity index is 1400. The molecule has 2 aromatic rings. The van der Waals surface area contributed by atoms with Gasteiger partial charge >= 0.3 is 19.6 Å². The Kier molecular flexibility index (Phi) is 13.7. The number of hydrogen-bond acceptors (Lipinski definition) is 14. The maximum absolute atomic E-state index is 14.6. The van der Waals surface area contributed by atoms with Gasteiger partial charge in [0.05, 0.1) is 32.3 Å². The van der Waals surface area contributed by atoms with E-state index in [0.29, 0.717) is 0 Å². The second-order valence-electron chi connectivity index (χ2n) is 13.0. The summed E-state index contributed by atoms with van der Waals surface area (Å²) < 4.78 is 44.2. The highest BCUT2D eigenvalue weighted by atomic mass is 31.2. The van der Waals surface area contributed by atoms with Crippen LogP contribution in [0.3, 0.4) is 0 Å². The van der Waals surface area contributed by atoms with Crippen molar-refractivity contribution in [2.24, 2.45) is 11.8 Å². The van der Waals surface area contributed by atoms with Crippen molar-refractivity contribution in [3.05, 3.63) is 6.33 Å². The van der Waals surface area contributed by atoms with Crippen molar-refractivity contribution in [1.82, 2.24) is 29.7 Å². The van der Waals surface area contributed by atoms with E-state index in [0.717, 1.165) is 0 Å². The maximum Gasteiger partial charge on any atom is 0.342 e. The molecule has 1 unspecified atom stereocenters. The van der Waals surface area contributed by atoms with Crippen LogP contribution in [0.4, 0.5) is 5.95 Å². The standard InChI is InChI=1S/C30H52N7O10P/c1-10-43-26(39)19(12-16(3)4)35-48(42,36-20(13-17(5)6)27(40)44-11-2)45-14-21-23(38)30(9,41)28(47-21)37-15-32-22-24(37)33-29(31)34-25(22)46-18(7)8/h15-21,23,28,38,41H,10-14H2,1-9H3,(H2,31,33,34)(H2,35,36,42)/t19-,20+,21-,23-,28-,30-,48?/m1/s1. The van der Waals surface area contributed by atoms with E-state index in [2.05, 4.69) is 25.1 Å². The fraction of sp³-hybridized carbons (Fsp3) is 0.767. The summed E-state index contributed by atoms with van der Waals surface area (Å²) in [6.07, 6.45) is -2.48. The molecule has 0 radical (unpaired) electrons. The van der Waals surface area contributed by atoms with E-state index < -0.39 is 62.3 Å². The molecule has 17 nitrogen and oxygen atoms in total.